The van der Waals surface area contributed by atoms with Crippen LogP contribution in [0.5, 0.6) is 0 Å². The van der Waals surface area contributed by atoms with E-state index in [2.05, 4.69) is 17.4 Å². The van der Waals surface area contributed by atoms with Gasteiger partial charge in [0.2, 0.25) is 5.91 Å². The zero-order chi connectivity index (χ0) is 13.3. The standard InChI is InChI=1S/C12H17N3O2S/c1-7-4-12(5-7,10(13)18)11(16)14-6-9-3-8(2)17-15-9/h3,7H,4-6H2,1-2H3,(H2,13,18)(H,14,16). The number of carbonyl (C=O) groups excluding carboxylic acids is 1. The molecule has 18 heavy (non-hydrogen) atoms. The predicted molar refractivity (Wildman–Crippen MR) is 70.7 cm³/mol. The number of nitrogens with zero attached hydrogens (tertiary/aromatic N) is 1. The Kier molecular flexibility index (Phi) is 3.38. The van der Waals surface area contributed by atoms with Gasteiger partial charge in [-0.25, -0.2) is 0 Å². The highest BCUT2D eigenvalue weighted by molar-refractivity contribution is 7.80. The van der Waals surface area contributed by atoms with Gasteiger partial charge in [0.25, 0.3) is 0 Å². The highest BCUT2D eigenvalue weighted by Gasteiger charge is 2.50. The van der Waals surface area contributed by atoms with E-state index in [0.717, 1.165) is 18.6 Å². The van der Waals surface area contributed by atoms with E-state index in [1.165, 1.54) is 0 Å². The summed E-state index contributed by atoms with van der Waals surface area (Å²) in [6.07, 6.45) is 1.46. The second-order valence-corrected chi connectivity index (χ2v) is 5.51. The molecule has 0 unspecified atom stereocenters. The molecular formula is C12H17N3O2S. The molecule has 1 aliphatic carbocycles. The van der Waals surface area contributed by atoms with Crippen LogP contribution in [0.4, 0.5) is 0 Å². The van der Waals surface area contributed by atoms with Crippen LogP contribution < -0.4 is 11.1 Å². The average Bonchev–Trinajstić information content (AvgIpc) is 2.67. The summed E-state index contributed by atoms with van der Waals surface area (Å²) in [6.45, 7) is 4.24. The number of thiocarbonyl (C=S) groups is 1. The summed E-state index contributed by atoms with van der Waals surface area (Å²) < 4.78 is 4.94. The fraction of sp³-hybridized carbons (Fsp3) is 0.583. The maximum atomic E-state index is 12.2. The Bertz CT molecular complexity index is 477. The fourth-order valence-electron chi connectivity index (χ4n) is 2.47. The third-order valence-electron chi connectivity index (χ3n) is 3.41. The minimum atomic E-state index is -0.659. The van der Waals surface area contributed by atoms with E-state index in [1.54, 1.807) is 6.07 Å². The number of aromatic nitrogens is 1. The highest BCUT2D eigenvalue weighted by Crippen LogP contribution is 2.45. The van der Waals surface area contributed by atoms with E-state index in [-0.39, 0.29) is 10.9 Å². The van der Waals surface area contributed by atoms with Crippen molar-refractivity contribution >= 4 is 23.1 Å². The van der Waals surface area contributed by atoms with Crippen molar-refractivity contribution in [2.45, 2.75) is 33.2 Å². The number of hydrogen-bond acceptors (Lipinski definition) is 4. The van der Waals surface area contributed by atoms with Crippen LogP contribution in [0.25, 0.3) is 0 Å². The molecule has 1 aromatic heterocycles. The van der Waals surface area contributed by atoms with Crippen LogP contribution in [-0.4, -0.2) is 16.1 Å². The molecule has 0 atom stereocenters. The van der Waals surface area contributed by atoms with Gasteiger partial charge in [-0.2, -0.15) is 0 Å². The highest BCUT2D eigenvalue weighted by atomic mass is 32.1. The first-order valence-corrected chi connectivity index (χ1v) is 6.35. The van der Waals surface area contributed by atoms with Crippen LogP contribution in [0.1, 0.15) is 31.2 Å². The number of hydrogen-bond donors (Lipinski definition) is 2. The third kappa shape index (κ3) is 2.25. The number of carbonyl (C=O) groups is 1. The molecule has 0 aliphatic heterocycles. The van der Waals surface area contributed by atoms with Crippen molar-refractivity contribution in [3.05, 3.63) is 17.5 Å². The van der Waals surface area contributed by atoms with Crippen molar-refractivity contribution < 1.29 is 9.32 Å². The van der Waals surface area contributed by atoms with Gasteiger partial charge in [-0.15, -0.1) is 0 Å². The molecule has 1 saturated carbocycles. The lowest BCUT2D eigenvalue weighted by molar-refractivity contribution is -0.133. The van der Waals surface area contributed by atoms with E-state index in [9.17, 15) is 4.79 Å². The van der Waals surface area contributed by atoms with Crippen LogP contribution in [0, 0.1) is 18.3 Å². The van der Waals surface area contributed by atoms with Gasteiger partial charge in [0, 0.05) is 6.07 Å². The number of rotatable bonds is 4. The summed E-state index contributed by atoms with van der Waals surface area (Å²) in [5.41, 5.74) is 5.75. The summed E-state index contributed by atoms with van der Waals surface area (Å²) in [5.74, 6) is 1.11. The summed E-state index contributed by atoms with van der Waals surface area (Å²) in [5, 5.41) is 6.65. The van der Waals surface area contributed by atoms with E-state index in [4.69, 9.17) is 22.5 Å². The Balaban J connectivity index is 1.97. The van der Waals surface area contributed by atoms with Crippen molar-refractivity contribution in [1.29, 1.82) is 0 Å². The minimum Gasteiger partial charge on any atom is -0.392 e. The zero-order valence-corrected chi connectivity index (χ0v) is 11.3. The molecule has 0 spiro atoms. The summed E-state index contributed by atoms with van der Waals surface area (Å²) in [7, 11) is 0. The van der Waals surface area contributed by atoms with Crippen molar-refractivity contribution in [2.75, 3.05) is 0 Å². The van der Waals surface area contributed by atoms with Crippen LogP contribution in [0.3, 0.4) is 0 Å². The molecule has 2 rings (SSSR count). The summed E-state index contributed by atoms with van der Waals surface area (Å²) in [6, 6.07) is 1.79. The SMILES string of the molecule is Cc1cc(CNC(=O)C2(C(N)=S)CC(C)C2)no1. The molecule has 5 nitrogen and oxygen atoms in total. The van der Waals surface area contributed by atoms with Crippen LogP contribution in [-0.2, 0) is 11.3 Å². The third-order valence-corrected chi connectivity index (χ3v) is 3.80. The molecule has 1 fully saturated rings. The molecule has 98 valence electrons. The Hall–Kier alpha value is -1.43. The quantitative estimate of drug-likeness (QED) is 0.804. The van der Waals surface area contributed by atoms with Gasteiger partial charge >= 0.3 is 0 Å². The largest absolute Gasteiger partial charge is 0.392 e. The zero-order valence-electron chi connectivity index (χ0n) is 10.5. The molecule has 6 heteroatoms. The molecule has 3 N–H and O–H groups in total. The average molecular weight is 267 g/mol. The molecule has 1 aliphatic rings. The van der Waals surface area contributed by atoms with Gasteiger partial charge in [-0.1, -0.05) is 24.3 Å². The van der Waals surface area contributed by atoms with E-state index in [0.29, 0.717) is 18.2 Å². The van der Waals surface area contributed by atoms with Crippen LogP contribution in [0.15, 0.2) is 10.6 Å². The fourth-order valence-corrected chi connectivity index (χ4v) is 2.73. The van der Waals surface area contributed by atoms with Gasteiger partial charge in [-0.3, -0.25) is 4.79 Å². The molecule has 0 bridgehead atoms. The van der Waals surface area contributed by atoms with Crippen molar-refractivity contribution in [3.63, 3.8) is 0 Å². The molecule has 1 heterocycles. The van der Waals surface area contributed by atoms with Gasteiger partial charge in [0.1, 0.15) is 11.5 Å². The molecular weight excluding hydrogens is 250 g/mol. The molecule has 0 saturated heterocycles. The monoisotopic (exact) mass is 267 g/mol. The molecule has 1 aromatic rings. The second-order valence-electron chi connectivity index (χ2n) is 5.07. The number of nitrogens with two attached hydrogens (primary N) is 1. The van der Waals surface area contributed by atoms with Crippen LogP contribution >= 0.6 is 12.2 Å². The van der Waals surface area contributed by atoms with E-state index >= 15 is 0 Å². The Morgan fingerprint density at radius 2 is 2.39 bits per heavy atom. The first-order chi connectivity index (χ1) is 8.44. The maximum absolute atomic E-state index is 12.2. The summed E-state index contributed by atoms with van der Waals surface area (Å²) >= 11 is 5.03. The smallest absolute Gasteiger partial charge is 0.233 e. The van der Waals surface area contributed by atoms with Gasteiger partial charge < -0.3 is 15.6 Å². The number of nitrogens with one attached hydrogen (secondary N) is 1. The molecule has 1 amide bonds. The second kappa shape index (κ2) is 4.68. The first kappa shape index (κ1) is 13.0. The molecule has 0 radical (unpaired) electrons. The van der Waals surface area contributed by atoms with Crippen molar-refractivity contribution in [1.82, 2.24) is 10.5 Å². The molecule has 0 aromatic carbocycles. The van der Waals surface area contributed by atoms with Crippen molar-refractivity contribution in [3.8, 4) is 0 Å². The Morgan fingerprint density at radius 3 is 2.83 bits per heavy atom. The minimum absolute atomic E-state index is 0.103. The lowest BCUT2D eigenvalue weighted by atomic mass is 9.62. The van der Waals surface area contributed by atoms with Gasteiger partial charge in [0.15, 0.2) is 0 Å². The Morgan fingerprint density at radius 1 is 1.72 bits per heavy atom. The Labute approximate surface area is 111 Å². The lowest BCUT2D eigenvalue weighted by Gasteiger charge is -2.44. The van der Waals surface area contributed by atoms with E-state index in [1.807, 2.05) is 6.92 Å². The summed E-state index contributed by atoms with van der Waals surface area (Å²) in [4.78, 5) is 12.5. The predicted octanol–water partition coefficient (Wildman–Crippen LogP) is 1.30. The first-order valence-electron chi connectivity index (χ1n) is 5.94. The van der Waals surface area contributed by atoms with Crippen molar-refractivity contribution in [2.24, 2.45) is 17.1 Å². The topological polar surface area (TPSA) is 81.2 Å². The lowest BCUT2D eigenvalue weighted by Crippen LogP contribution is -2.55. The van der Waals surface area contributed by atoms with Gasteiger partial charge in [0.05, 0.1) is 16.9 Å². The normalized spacial score (nSPS) is 26.4. The number of amides is 1. The van der Waals surface area contributed by atoms with Crippen LogP contribution in [0.2, 0.25) is 0 Å². The van der Waals surface area contributed by atoms with E-state index < -0.39 is 5.41 Å². The van der Waals surface area contributed by atoms with Gasteiger partial charge in [-0.05, 0) is 25.7 Å². The maximum Gasteiger partial charge on any atom is 0.233 e. The number of aryl methyl sites for hydroxylation is 1.